The number of hydrogen-bond acceptors (Lipinski definition) is 3. The van der Waals surface area contributed by atoms with Crippen molar-refractivity contribution in [3.63, 3.8) is 0 Å². The third-order valence-electron chi connectivity index (χ3n) is 3.50. The fourth-order valence-corrected chi connectivity index (χ4v) is 2.89. The van der Waals surface area contributed by atoms with E-state index in [2.05, 4.69) is 30.8 Å². The predicted octanol–water partition coefficient (Wildman–Crippen LogP) is 1.58. The summed E-state index contributed by atoms with van der Waals surface area (Å²) in [6, 6.07) is -0.0318. The highest BCUT2D eigenvalue weighted by molar-refractivity contribution is 7.87. The van der Waals surface area contributed by atoms with Gasteiger partial charge in [-0.1, -0.05) is 27.2 Å². The topological polar surface area (TPSA) is 61.4 Å². The Morgan fingerprint density at radius 3 is 2.32 bits per heavy atom. The van der Waals surface area contributed by atoms with Gasteiger partial charge in [-0.3, -0.25) is 0 Å². The van der Waals surface area contributed by atoms with E-state index in [4.69, 9.17) is 0 Å². The molecule has 2 atom stereocenters. The third kappa shape index (κ3) is 7.87. The molecule has 0 saturated heterocycles. The Kier molecular flexibility index (Phi) is 9.60. The molecule has 0 aromatic heterocycles. The van der Waals surface area contributed by atoms with Crippen molar-refractivity contribution in [2.45, 2.75) is 53.0 Å². The summed E-state index contributed by atoms with van der Waals surface area (Å²) >= 11 is 0. The van der Waals surface area contributed by atoms with Gasteiger partial charge in [0, 0.05) is 19.6 Å². The summed E-state index contributed by atoms with van der Waals surface area (Å²) in [7, 11) is -1.72. The van der Waals surface area contributed by atoms with Crippen molar-refractivity contribution < 1.29 is 8.42 Å². The molecule has 0 aliphatic heterocycles. The molecule has 6 heteroatoms. The lowest BCUT2D eigenvalue weighted by Gasteiger charge is -2.24. The van der Waals surface area contributed by atoms with E-state index in [0.717, 1.165) is 32.4 Å². The molecule has 116 valence electrons. The average Bonchev–Trinajstić information content (AvgIpc) is 2.36. The van der Waals surface area contributed by atoms with E-state index in [0.29, 0.717) is 12.5 Å². The molecule has 2 unspecified atom stereocenters. The molecule has 0 radical (unpaired) electrons. The molecule has 0 aliphatic rings. The van der Waals surface area contributed by atoms with Gasteiger partial charge in [-0.05, 0) is 38.8 Å². The molecule has 0 bridgehead atoms. The molecule has 0 spiro atoms. The molecule has 0 fully saturated rings. The van der Waals surface area contributed by atoms with Crippen LogP contribution >= 0.6 is 0 Å². The Balaban J connectivity index is 4.10. The molecule has 0 amide bonds. The minimum atomic E-state index is -3.35. The average molecular weight is 293 g/mol. The van der Waals surface area contributed by atoms with Crippen LogP contribution in [-0.4, -0.2) is 45.4 Å². The Hall–Kier alpha value is -0.170. The maximum atomic E-state index is 12.1. The van der Waals surface area contributed by atoms with E-state index in [1.54, 1.807) is 7.05 Å². The molecule has 0 saturated carbocycles. The molecule has 0 rings (SSSR count). The molecule has 0 heterocycles. The first-order valence-corrected chi connectivity index (χ1v) is 8.73. The lowest BCUT2D eigenvalue weighted by molar-refractivity contribution is 0.400. The van der Waals surface area contributed by atoms with Crippen molar-refractivity contribution in [1.82, 2.24) is 14.3 Å². The molecule has 0 aromatic carbocycles. The van der Waals surface area contributed by atoms with Crippen molar-refractivity contribution in [2.75, 3.05) is 26.7 Å². The van der Waals surface area contributed by atoms with Crippen molar-refractivity contribution in [2.24, 2.45) is 5.92 Å². The lowest BCUT2D eigenvalue weighted by Crippen LogP contribution is -2.45. The summed E-state index contributed by atoms with van der Waals surface area (Å²) < 4.78 is 28.3. The number of nitrogens with one attached hydrogen (secondary N) is 2. The zero-order valence-electron chi connectivity index (χ0n) is 13.1. The van der Waals surface area contributed by atoms with Crippen molar-refractivity contribution >= 4 is 10.2 Å². The fraction of sp³-hybridized carbons (Fsp3) is 1.00. The van der Waals surface area contributed by atoms with Gasteiger partial charge in [0.05, 0.1) is 0 Å². The summed E-state index contributed by atoms with van der Waals surface area (Å²) in [5.74, 6) is 0.342. The van der Waals surface area contributed by atoms with Gasteiger partial charge < -0.3 is 5.32 Å². The Morgan fingerprint density at radius 2 is 1.79 bits per heavy atom. The monoisotopic (exact) mass is 293 g/mol. The minimum absolute atomic E-state index is 0.0318. The van der Waals surface area contributed by atoms with E-state index in [1.807, 2.05) is 6.92 Å². The van der Waals surface area contributed by atoms with Crippen LogP contribution in [0, 0.1) is 5.92 Å². The second kappa shape index (κ2) is 9.69. The zero-order valence-corrected chi connectivity index (χ0v) is 13.9. The van der Waals surface area contributed by atoms with Gasteiger partial charge >= 0.3 is 0 Å². The van der Waals surface area contributed by atoms with Crippen molar-refractivity contribution in [1.29, 1.82) is 0 Å². The standard InChI is InChI=1S/C13H31N3O2S/c1-6-9-14-10-8-11-16(5)19(17,18)15-13(4)12(3)7-2/h12-15H,6-11H2,1-5H3. The summed E-state index contributed by atoms with van der Waals surface area (Å²) in [4.78, 5) is 0. The maximum absolute atomic E-state index is 12.1. The molecule has 19 heavy (non-hydrogen) atoms. The second-order valence-electron chi connectivity index (χ2n) is 5.22. The van der Waals surface area contributed by atoms with Crippen LogP contribution in [0.5, 0.6) is 0 Å². The lowest BCUT2D eigenvalue weighted by atomic mass is 10.0. The Morgan fingerprint density at radius 1 is 1.16 bits per heavy atom. The van der Waals surface area contributed by atoms with Gasteiger partial charge in [-0.2, -0.15) is 17.4 Å². The third-order valence-corrected chi connectivity index (χ3v) is 5.17. The smallest absolute Gasteiger partial charge is 0.279 e. The highest BCUT2D eigenvalue weighted by Crippen LogP contribution is 2.09. The summed E-state index contributed by atoms with van der Waals surface area (Å²) in [5.41, 5.74) is 0. The van der Waals surface area contributed by atoms with Crippen molar-refractivity contribution in [3.8, 4) is 0 Å². The van der Waals surface area contributed by atoms with Gasteiger partial charge in [0.25, 0.3) is 10.2 Å². The van der Waals surface area contributed by atoms with E-state index >= 15 is 0 Å². The highest BCUT2D eigenvalue weighted by Gasteiger charge is 2.22. The summed E-state index contributed by atoms with van der Waals surface area (Å²) in [6.45, 7) is 10.5. The van der Waals surface area contributed by atoms with Gasteiger partial charge in [0.2, 0.25) is 0 Å². The SMILES string of the molecule is CCCNCCCN(C)S(=O)(=O)NC(C)C(C)CC. The first-order chi connectivity index (χ1) is 8.85. The fourth-order valence-electron chi connectivity index (χ4n) is 1.64. The largest absolute Gasteiger partial charge is 0.317 e. The maximum Gasteiger partial charge on any atom is 0.279 e. The van der Waals surface area contributed by atoms with Gasteiger partial charge in [-0.15, -0.1) is 0 Å². The van der Waals surface area contributed by atoms with Crippen LogP contribution in [0.2, 0.25) is 0 Å². The number of hydrogen-bond donors (Lipinski definition) is 2. The van der Waals surface area contributed by atoms with Crippen molar-refractivity contribution in [3.05, 3.63) is 0 Å². The normalized spacial score (nSPS) is 15.7. The van der Waals surface area contributed by atoms with E-state index in [-0.39, 0.29) is 6.04 Å². The van der Waals surface area contributed by atoms with Gasteiger partial charge in [-0.25, -0.2) is 0 Å². The number of rotatable bonds is 11. The van der Waals surface area contributed by atoms with Crippen LogP contribution in [0.25, 0.3) is 0 Å². The molecule has 5 nitrogen and oxygen atoms in total. The molecule has 0 aliphatic carbocycles. The first kappa shape index (κ1) is 18.8. The Labute approximate surface area is 119 Å². The van der Waals surface area contributed by atoms with Gasteiger partial charge in [0.1, 0.15) is 0 Å². The van der Waals surface area contributed by atoms with E-state index < -0.39 is 10.2 Å². The molecule has 0 aromatic rings. The van der Waals surface area contributed by atoms with Crippen LogP contribution in [0.15, 0.2) is 0 Å². The Bertz CT molecular complexity index is 320. The van der Waals surface area contributed by atoms with Crippen LogP contribution in [0.3, 0.4) is 0 Å². The molecule has 2 N–H and O–H groups in total. The van der Waals surface area contributed by atoms with Crippen LogP contribution < -0.4 is 10.0 Å². The molecular weight excluding hydrogens is 262 g/mol. The molecular formula is C13H31N3O2S. The van der Waals surface area contributed by atoms with Crippen LogP contribution in [0.4, 0.5) is 0 Å². The minimum Gasteiger partial charge on any atom is -0.317 e. The van der Waals surface area contributed by atoms with Gasteiger partial charge in [0.15, 0.2) is 0 Å². The van der Waals surface area contributed by atoms with Crippen LogP contribution in [0.1, 0.15) is 47.0 Å². The van der Waals surface area contributed by atoms with E-state index in [1.165, 1.54) is 4.31 Å². The predicted molar refractivity (Wildman–Crippen MR) is 81.4 cm³/mol. The first-order valence-electron chi connectivity index (χ1n) is 7.29. The van der Waals surface area contributed by atoms with E-state index in [9.17, 15) is 8.42 Å². The second-order valence-corrected chi connectivity index (χ2v) is 7.03. The zero-order chi connectivity index (χ0) is 14.9. The highest BCUT2D eigenvalue weighted by atomic mass is 32.2. The summed E-state index contributed by atoms with van der Waals surface area (Å²) in [6.07, 6.45) is 2.89. The summed E-state index contributed by atoms with van der Waals surface area (Å²) in [5, 5.41) is 3.27. The quantitative estimate of drug-likeness (QED) is 0.569. The van der Waals surface area contributed by atoms with Crippen LogP contribution in [-0.2, 0) is 10.2 Å². The number of nitrogens with zero attached hydrogens (tertiary/aromatic N) is 1.